The number of likely N-dealkylation sites (tertiary alicyclic amines) is 1. The Labute approximate surface area is 268 Å². The van der Waals surface area contributed by atoms with Crippen LogP contribution in [0, 0.1) is 0 Å². The third-order valence-corrected chi connectivity index (χ3v) is 8.01. The van der Waals surface area contributed by atoms with E-state index in [1.807, 2.05) is 0 Å². The van der Waals surface area contributed by atoms with E-state index < -0.39 is 0 Å². The normalized spacial score (nSPS) is 16.0. The Balaban J connectivity index is -0.000000215. The molecule has 0 aromatic carbocycles. The molecular weight excluding hydrogens is 518 g/mol. The van der Waals surface area contributed by atoms with Crippen molar-refractivity contribution in [2.75, 3.05) is 66.6 Å². The van der Waals surface area contributed by atoms with Crippen LogP contribution in [0.15, 0.2) is 0 Å². The summed E-state index contributed by atoms with van der Waals surface area (Å²) < 4.78 is 5.21. The summed E-state index contributed by atoms with van der Waals surface area (Å²) in [4.78, 5) is 12.0. The smallest absolute Gasteiger partial charge is 0.0594 e. The first kappa shape index (κ1) is 48.7. The van der Waals surface area contributed by atoms with Crippen molar-refractivity contribution in [1.29, 1.82) is 0 Å². The highest BCUT2D eigenvalue weighted by molar-refractivity contribution is 4.71. The number of rotatable bonds is 9. The summed E-state index contributed by atoms with van der Waals surface area (Å²) in [5.74, 6) is 0. The molecule has 2 rings (SSSR count). The van der Waals surface area contributed by atoms with Crippen molar-refractivity contribution in [2.45, 2.75) is 173 Å². The average Bonchev–Trinajstić information content (AvgIpc) is 3.41. The van der Waals surface area contributed by atoms with E-state index in [-0.39, 0.29) is 7.43 Å². The van der Waals surface area contributed by atoms with Crippen molar-refractivity contribution < 1.29 is 4.74 Å². The van der Waals surface area contributed by atoms with E-state index in [1.54, 1.807) is 0 Å². The minimum atomic E-state index is 0. The molecule has 0 atom stereocenters. The molecule has 0 radical (unpaired) electrons. The minimum absolute atomic E-state index is 0. The summed E-state index contributed by atoms with van der Waals surface area (Å²) in [5.41, 5.74) is 0. The van der Waals surface area contributed by atoms with E-state index in [2.05, 4.69) is 149 Å². The maximum absolute atomic E-state index is 5.21. The lowest BCUT2D eigenvalue weighted by Crippen LogP contribution is -2.42. The van der Waals surface area contributed by atoms with Crippen LogP contribution in [0.1, 0.15) is 131 Å². The summed E-state index contributed by atoms with van der Waals surface area (Å²) in [6.07, 6.45) is 2.83. The summed E-state index contributed by atoms with van der Waals surface area (Å²) in [6.45, 7) is 44.7. The van der Waals surface area contributed by atoms with Gasteiger partial charge in [0.15, 0.2) is 0 Å². The Morgan fingerprint density at radius 1 is 0.524 bits per heavy atom. The van der Waals surface area contributed by atoms with Gasteiger partial charge in [0.1, 0.15) is 0 Å². The van der Waals surface area contributed by atoms with Crippen LogP contribution in [0.4, 0.5) is 0 Å². The molecule has 2 saturated heterocycles. The lowest BCUT2D eigenvalue weighted by atomic mass is 10.2. The first-order valence-corrected chi connectivity index (χ1v) is 17.2. The minimum Gasteiger partial charge on any atom is -0.379 e. The fourth-order valence-corrected chi connectivity index (χ4v) is 5.09. The van der Waals surface area contributed by atoms with Crippen molar-refractivity contribution in [3.8, 4) is 0 Å². The molecule has 260 valence electrons. The highest BCUT2D eigenvalue weighted by Crippen LogP contribution is 2.10. The number of nitrogens with zero attached hydrogens (tertiary/aromatic N) is 5. The Bertz CT molecular complexity index is 488. The summed E-state index contributed by atoms with van der Waals surface area (Å²) in [5, 5.41) is 0. The lowest BCUT2D eigenvalue weighted by molar-refractivity contribution is 0.0238. The van der Waals surface area contributed by atoms with Crippen molar-refractivity contribution in [3.63, 3.8) is 0 Å². The second-order valence-corrected chi connectivity index (χ2v) is 13.7. The predicted octanol–water partition coefficient (Wildman–Crippen LogP) is 8.06. The second kappa shape index (κ2) is 29.5. The molecular formula is C36H85N5O. The monoisotopic (exact) mass is 604 g/mol. The molecule has 42 heavy (non-hydrogen) atoms. The number of morpholine rings is 1. The molecule has 2 fully saturated rings. The first-order valence-electron chi connectivity index (χ1n) is 17.2. The summed E-state index contributed by atoms with van der Waals surface area (Å²) in [7, 11) is 4.15. The summed E-state index contributed by atoms with van der Waals surface area (Å²) in [6, 6.07) is 4.86. The lowest BCUT2D eigenvalue weighted by Gasteiger charge is -2.34. The molecule has 0 saturated carbocycles. The molecule has 0 aliphatic carbocycles. The number of ether oxygens (including phenoxy) is 1. The Hall–Kier alpha value is -0.240. The van der Waals surface area contributed by atoms with Crippen LogP contribution in [-0.2, 0) is 4.74 Å². The van der Waals surface area contributed by atoms with E-state index >= 15 is 0 Å². The zero-order valence-electron chi connectivity index (χ0n) is 31.8. The van der Waals surface area contributed by atoms with Gasteiger partial charge in [-0.05, 0) is 150 Å². The molecule has 2 aliphatic heterocycles. The van der Waals surface area contributed by atoms with Gasteiger partial charge >= 0.3 is 0 Å². The maximum atomic E-state index is 5.21. The van der Waals surface area contributed by atoms with Gasteiger partial charge < -0.3 is 19.4 Å². The molecule has 2 heterocycles. The molecule has 0 amide bonds. The highest BCUT2D eigenvalue weighted by atomic mass is 16.5. The van der Waals surface area contributed by atoms with Gasteiger partial charge in [-0.2, -0.15) is 0 Å². The van der Waals surface area contributed by atoms with Crippen LogP contribution < -0.4 is 0 Å². The molecule has 0 bridgehead atoms. The van der Waals surface area contributed by atoms with Gasteiger partial charge in [-0.3, -0.25) is 9.80 Å². The van der Waals surface area contributed by atoms with E-state index in [0.717, 1.165) is 32.3 Å². The predicted molar refractivity (Wildman–Crippen MR) is 194 cm³/mol. The Morgan fingerprint density at radius 3 is 0.952 bits per heavy atom. The molecule has 0 spiro atoms. The van der Waals surface area contributed by atoms with Gasteiger partial charge in [0.05, 0.1) is 13.2 Å². The van der Waals surface area contributed by atoms with Gasteiger partial charge in [-0.1, -0.05) is 21.3 Å². The van der Waals surface area contributed by atoms with Gasteiger partial charge in [0, 0.05) is 55.4 Å². The molecule has 0 N–H and O–H groups in total. The average molecular weight is 604 g/mol. The second-order valence-electron chi connectivity index (χ2n) is 13.7. The highest BCUT2D eigenvalue weighted by Gasteiger charge is 2.16. The van der Waals surface area contributed by atoms with Gasteiger partial charge in [-0.15, -0.1) is 0 Å². The molecule has 0 aromatic heterocycles. The quantitative estimate of drug-likeness (QED) is 0.264. The van der Waals surface area contributed by atoms with Gasteiger partial charge in [-0.25, -0.2) is 0 Å². The van der Waals surface area contributed by atoms with Crippen LogP contribution in [0.2, 0.25) is 0 Å². The molecule has 6 nitrogen and oxygen atoms in total. The van der Waals surface area contributed by atoms with Gasteiger partial charge in [0.2, 0.25) is 0 Å². The van der Waals surface area contributed by atoms with Crippen LogP contribution in [0.5, 0.6) is 0 Å². The molecule has 0 unspecified atom stereocenters. The third-order valence-electron chi connectivity index (χ3n) is 8.01. The Kier molecular flexibility index (Phi) is 34.1. The zero-order chi connectivity index (χ0) is 32.7. The SMILES string of the molecule is C.CC(C)N(C(C)C)C(C)C.CC(C)N(C)C.CC(C)N1CCCC1.CC(C)N1CCOCC1.CCN(CC)C(C)C. The van der Waals surface area contributed by atoms with E-state index in [0.29, 0.717) is 36.3 Å². The topological polar surface area (TPSA) is 25.4 Å². The van der Waals surface area contributed by atoms with E-state index in [9.17, 15) is 0 Å². The standard InChI is InChI=1S/C9H21N.C7H15NO.C7H15N.C7H17N.C5H13N.CH4/c1-7(2)10(8(3)4)9(5)6;1-7(2)8-3-5-9-6-4-8;1-7(2)8-5-3-4-6-8;1-5-8(6-2)7(3)4;1-5(2)6(3)4;/h7-9H,1-6H3;7H,3-6H2,1-2H3;7H,3-6H2,1-2H3;7H,5-6H2,1-4H3;5H,1-4H3;1H4. The number of hydrogen-bond acceptors (Lipinski definition) is 6. The van der Waals surface area contributed by atoms with Crippen molar-refractivity contribution in [1.82, 2.24) is 24.5 Å². The molecule has 2 aliphatic rings. The molecule has 6 heteroatoms. The van der Waals surface area contributed by atoms with Gasteiger partial charge in [0.25, 0.3) is 0 Å². The van der Waals surface area contributed by atoms with Crippen molar-refractivity contribution >= 4 is 0 Å². The summed E-state index contributed by atoms with van der Waals surface area (Å²) >= 11 is 0. The van der Waals surface area contributed by atoms with Crippen LogP contribution >= 0.6 is 0 Å². The Morgan fingerprint density at radius 2 is 0.833 bits per heavy atom. The first-order chi connectivity index (χ1) is 18.9. The maximum Gasteiger partial charge on any atom is 0.0594 e. The zero-order valence-corrected chi connectivity index (χ0v) is 31.8. The van der Waals surface area contributed by atoms with E-state index in [1.165, 1.54) is 39.0 Å². The van der Waals surface area contributed by atoms with Crippen LogP contribution in [0.25, 0.3) is 0 Å². The molecule has 0 aromatic rings. The van der Waals surface area contributed by atoms with Crippen LogP contribution in [0.3, 0.4) is 0 Å². The fraction of sp³-hybridized carbons (Fsp3) is 1.00. The van der Waals surface area contributed by atoms with Crippen LogP contribution in [-0.4, -0.2) is 133 Å². The third kappa shape index (κ3) is 27.3. The largest absolute Gasteiger partial charge is 0.379 e. The van der Waals surface area contributed by atoms with Crippen molar-refractivity contribution in [3.05, 3.63) is 0 Å². The van der Waals surface area contributed by atoms with Crippen molar-refractivity contribution in [2.24, 2.45) is 0 Å². The van der Waals surface area contributed by atoms with E-state index in [4.69, 9.17) is 4.74 Å². The fourth-order valence-electron chi connectivity index (χ4n) is 5.09. The number of hydrogen-bond donors (Lipinski definition) is 0.